The molecule has 1 aromatic carbocycles. The molecule has 150 valence electrons. The van der Waals surface area contributed by atoms with Crippen LogP contribution in [0, 0.1) is 0 Å². The number of aromatic amines is 1. The van der Waals surface area contributed by atoms with Crippen LogP contribution in [0.3, 0.4) is 0 Å². The molecule has 2 bridgehead atoms. The van der Waals surface area contributed by atoms with E-state index >= 15 is 0 Å². The SMILES string of the molecule is CCN1C2CCCC1CC(n1c(=O)c(-c3ccc[nH]c3=O)nc3ccccc31)C2. The number of H-pyrrole nitrogens is 1. The molecule has 0 amide bonds. The van der Waals surface area contributed by atoms with Crippen molar-refractivity contribution in [3.05, 3.63) is 63.3 Å². The summed E-state index contributed by atoms with van der Waals surface area (Å²) < 4.78 is 1.93. The molecule has 5 rings (SSSR count). The Balaban J connectivity index is 1.70. The Bertz CT molecular complexity index is 1150. The molecular formula is C23H26N4O2. The average molecular weight is 390 g/mol. The Morgan fingerprint density at radius 1 is 1.03 bits per heavy atom. The molecule has 2 aromatic heterocycles. The third-order valence-corrected chi connectivity index (χ3v) is 6.70. The van der Waals surface area contributed by atoms with Crippen LogP contribution in [-0.2, 0) is 0 Å². The number of benzene rings is 1. The van der Waals surface area contributed by atoms with E-state index in [0.29, 0.717) is 17.6 Å². The first-order valence-electron chi connectivity index (χ1n) is 10.6. The standard InChI is InChI=1S/C23H26N4O2/c1-2-26-15-7-5-8-16(26)14-17(13-15)27-20-11-4-3-10-19(20)25-21(23(27)29)18-9-6-12-24-22(18)28/h3-4,6,9-12,15-17H,2,5,7-8,13-14H2,1H3,(H,24,28). The van der Waals surface area contributed by atoms with Crippen LogP contribution in [0.25, 0.3) is 22.3 Å². The topological polar surface area (TPSA) is 71.0 Å². The number of fused-ring (bicyclic) bond motifs is 3. The third-order valence-electron chi connectivity index (χ3n) is 6.70. The Hall–Kier alpha value is -2.73. The van der Waals surface area contributed by atoms with Gasteiger partial charge in [-0.05, 0) is 56.5 Å². The zero-order valence-corrected chi connectivity index (χ0v) is 16.7. The Kier molecular flexibility index (Phi) is 4.59. The van der Waals surface area contributed by atoms with Crippen molar-refractivity contribution in [1.82, 2.24) is 19.4 Å². The minimum absolute atomic E-state index is 0.134. The van der Waals surface area contributed by atoms with E-state index in [1.54, 1.807) is 18.3 Å². The number of pyridine rings is 1. The summed E-state index contributed by atoms with van der Waals surface area (Å²) >= 11 is 0. The number of aromatic nitrogens is 3. The third kappa shape index (κ3) is 3.02. The maximum Gasteiger partial charge on any atom is 0.278 e. The summed E-state index contributed by atoms with van der Waals surface area (Å²) in [4.78, 5) is 35.9. The summed E-state index contributed by atoms with van der Waals surface area (Å²) in [5.41, 5.74) is 1.76. The molecule has 29 heavy (non-hydrogen) atoms. The first-order chi connectivity index (χ1) is 14.2. The van der Waals surface area contributed by atoms with Crippen molar-refractivity contribution >= 4 is 11.0 Å². The lowest BCUT2D eigenvalue weighted by molar-refractivity contribution is 0.0217. The van der Waals surface area contributed by atoms with Crippen molar-refractivity contribution in [1.29, 1.82) is 0 Å². The number of hydrogen-bond donors (Lipinski definition) is 1. The molecule has 0 aliphatic carbocycles. The smallest absolute Gasteiger partial charge is 0.278 e. The minimum atomic E-state index is -0.281. The van der Waals surface area contributed by atoms with Crippen LogP contribution in [0.15, 0.2) is 52.2 Å². The van der Waals surface area contributed by atoms with Gasteiger partial charge in [-0.3, -0.25) is 14.5 Å². The van der Waals surface area contributed by atoms with Crippen LogP contribution in [-0.4, -0.2) is 38.1 Å². The molecule has 3 aromatic rings. The number of para-hydroxylation sites is 2. The summed E-state index contributed by atoms with van der Waals surface area (Å²) in [6, 6.07) is 12.4. The summed E-state index contributed by atoms with van der Waals surface area (Å²) in [6.07, 6.45) is 7.20. The van der Waals surface area contributed by atoms with Gasteiger partial charge in [0.05, 0.1) is 16.6 Å². The predicted octanol–water partition coefficient (Wildman–Crippen LogP) is 3.33. The van der Waals surface area contributed by atoms with Gasteiger partial charge < -0.3 is 9.55 Å². The zero-order chi connectivity index (χ0) is 20.0. The second-order valence-corrected chi connectivity index (χ2v) is 8.23. The van der Waals surface area contributed by atoms with E-state index in [0.717, 1.165) is 30.4 Å². The fraction of sp³-hybridized carbons (Fsp3) is 0.435. The first-order valence-corrected chi connectivity index (χ1v) is 10.6. The Morgan fingerprint density at radius 3 is 2.52 bits per heavy atom. The highest BCUT2D eigenvalue weighted by Gasteiger charge is 2.38. The van der Waals surface area contributed by atoms with Crippen LogP contribution < -0.4 is 11.1 Å². The van der Waals surface area contributed by atoms with Crippen LogP contribution in [0.2, 0.25) is 0 Å². The normalized spacial score (nSPS) is 24.7. The molecule has 6 nitrogen and oxygen atoms in total. The van der Waals surface area contributed by atoms with E-state index in [-0.39, 0.29) is 22.9 Å². The molecule has 2 aliphatic rings. The van der Waals surface area contributed by atoms with Crippen LogP contribution >= 0.6 is 0 Å². The predicted molar refractivity (Wildman–Crippen MR) is 114 cm³/mol. The summed E-state index contributed by atoms with van der Waals surface area (Å²) in [5, 5.41) is 0. The molecule has 4 heterocycles. The fourth-order valence-corrected chi connectivity index (χ4v) is 5.48. The van der Waals surface area contributed by atoms with Crippen LogP contribution in [0.4, 0.5) is 0 Å². The second-order valence-electron chi connectivity index (χ2n) is 8.23. The molecule has 2 unspecified atom stereocenters. The lowest BCUT2D eigenvalue weighted by Gasteiger charge is -2.49. The van der Waals surface area contributed by atoms with Gasteiger partial charge in [-0.2, -0.15) is 0 Å². The molecule has 2 fully saturated rings. The lowest BCUT2D eigenvalue weighted by atomic mass is 9.81. The van der Waals surface area contributed by atoms with Crippen molar-refractivity contribution in [2.24, 2.45) is 0 Å². The number of hydrogen-bond acceptors (Lipinski definition) is 4. The Labute approximate surface area is 169 Å². The molecule has 6 heteroatoms. The van der Waals surface area contributed by atoms with Crippen molar-refractivity contribution < 1.29 is 0 Å². The number of nitrogens with zero attached hydrogens (tertiary/aromatic N) is 3. The minimum Gasteiger partial charge on any atom is -0.329 e. The molecule has 0 saturated carbocycles. The Morgan fingerprint density at radius 2 is 1.79 bits per heavy atom. The molecule has 0 radical (unpaired) electrons. The summed E-state index contributed by atoms with van der Waals surface area (Å²) in [5.74, 6) is 0. The van der Waals surface area contributed by atoms with Gasteiger partial charge in [-0.1, -0.05) is 25.5 Å². The van der Waals surface area contributed by atoms with Crippen LogP contribution in [0.5, 0.6) is 0 Å². The van der Waals surface area contributed by atoms with Crippen molar-refractivity contribution in [3.8, 4) is 11.3 Å². The lowest BCUT2D eigenvalue weighted by Crippen LogP contribution is -2.53. The van der Waals surface area contributed by atoms with Gasteiger partial charge in [0, 0.05) is 24.3 Å². The quantitative estimate of drug-likeness (QED) is 0.745. The zero-order valence-electron chi connectivity index (χ0n) is 16.7. The molecule has 0 spiro atoms. The maximum atomic E-state index is 13.6. The molecule has 2 aliphatic heterocycles. The van der Waals surface area contributed by atoms with E-state index in [9.17, 15) is 9.59 Å². The van der Waals surface area contributed by atoms with Crippen molar-refractivity contribution in [2.75, 3.05) is 6.54 Å². The van der Waals surface area contributed by atoms with E-state index < -0.39 is 0 Å². The van der Waals surface area contributed by atoms with Crippen molar-refractivity contribution in [3.63, 3.8) is 0 Å². The highest BCUT2D eigenvalue weighted by Crippen LogP contribution is 2.39. The number of piperidine rings is 2. The molecular weight excluding hydrogens is 364 g/mol. The highest BCUT2D eigenvalue weighted by molar-refractivity contribution is 5.77. The monoisotopic (exact) mass is 390 g/mol. The highest BCUT2D eigenvalue weighted by atomic mass is 16.1. The summed E-state index contributed by atoms with van der Waals surface area (Å²) in [7, 11) is 0. The van der Waals surface area contributed by atoms with Gasteiger partial charge in [0.2, 0.25) is 0 Å². The van der Waals surface area contributed by atoms with Gasteiger partial charge in [0.1, 0.15) is 5.69 Å². The van der Waals surface area contributed by atoms with Gasteiger partial charge in [-0.15, -0.1) is 0 Å². The van der Waals surface area contributed by atoms with Crippen LogP contribution in [0.1, 0.15) is 45.1 Å². The molecule has 1 N–H and O–H groups in total. The molecule has 2 atom stereocenters. The van der Waals surface area contributed by atoms with Gasteiger partial charge in [-0.25, -0.2) is 4.98 Å². The van der Waals surface area contributed by atoms with E-state index in [2.05, 4.69) is 21.8 Å². The van der Waals surface area contributed by atoms with E-state index in [1.807, 2.05) is 28.8 Å². The van der Waals surface area contributed by atoms with Crippen molar-refractivity contribution in [2.45, 2.75) is 57.2 Å². The second kappa shape index (κ2) is 7.26. The largest absolute Gasteiger partial charge is 0.329 e. The number of rotatable bonds is 3. The van der Waals surface area contributed by atoms with Gasteiger partial charge >= 0.3 is 0 Å². The van der Waals surface area contributed by atoms with Gasteiger partial charge in [0.25, 0.3) is 11.1 Å². The van der Waals surface area contributed by atoms with Gasteiger partial charge in [0.15, 0.2) is 0 Å². The number of nitrogens with one attached hydrogen (secondary N) is 1. The van der Waals surface area contributed by atoms with E-state index in [4.69, 9.17) is 0 Å². The average Bonchev–Trinajstić information content (AvgIpc) is 2.73. The molecule has 2 saturated heterocycles. The fourth-order valence-electron chi connectivity index (χ4n) is 5.48. The maximum absolute atomic E-state index is 13.6. The van der Waals surface area contributed by atoms with E-state index in [1.165, 1.54) is 19.3 Å². The first kappa shape index (κ1) is 18.3. The summed E-state index contributed by atoms with van der Waals surface area (Å²) in [6.45, 7) is 3.30.